The molecule has 2 aromatic carbocycles. The van der Waals surface area contributed by atoms with Crippen LogP contribution in [-0.4, -0.2) is 23.7 Å². The van der Waals surface area contributed by atoms with Gasteiger partial charge >= 0.3 is 5.97 Å². The van der Waals surface area contributed by atoms with Crippen molar-refractivity contribution in [2.24, 2.45) is 4.99 Å². The number of carboxylic acids is 1. The van der Waals surface area contributed by atoms with E-state index in [0.29, 0.717) is 5.02 Å². The van der Waals surface area contributed by atoms with Crippen molar-refractivity contribution in [3.63, 3.8) is 0 Å². The maximum absolute atomic E-state index is 11.3. The quantitative estimate of drug-likeness (QED) is 0.915. The zero-order chi connectivity index (χ0) is 16.8. The molecular formula is C19H15ClN2O2. The van der Waals surface area contributed by atoms with Gasteiger partial charge in [0, 0.05) is 28.0 Å². The summed E-state index contributed by atoms with van der Waals surface area (Å²) in [7, 11) is 0. The molecular weight excluding hydrogens is 324 g/mol. The lowest BCUT2D eigenvalue weighted by Gasteiger charge is -2.22. The van der Waals surface area contributed by atoms with Gasteiger partial charge in [-0.2, -0.15) is 0 Å². The van der Waals surface area contributed by atoms with Crippen molar-refractivity contribution in [2.45, 2.75) is 13.0 Å². The summed E-state index contributed by atoms with van der Waals surface area (Å²) in [6.45, 7) is 1.99. The van der Waals surface area contributed by atoms with Gasteiger partial charge in [-0.05, 0) is 54.1 Å². The Morgan fingerprint density at radius 3 is 2.92 bits per heavy atom. The Labute approximate surface area is 144 Å². The van der Waals surface area contributed by atoms with Gasteiger partial charge in [0.25, 0.3) is 0 Å². The highest BCUT2D eigenvalue weighted by atomic mass is 35.5. The number of hydrogen-bond donors (Lipinski definition) is 1. The molecule has 0 aromatic heterocycles. The highest BCUT2D eigenvalue weighted by molar-refractivity contribution is 6.31. The molecule has 2 heterocycles. The van der Waals surface area contributed by atoms with Crippen LogP contribution < -0.4 is 15.5 Å². The smallest absolute Gasteiger partial charge is 0.323 e. The largest absolute Gasteiger partial charge is 0.480 e. The molecule has 0 bridgehead atoms. The van der Waals surface area contributed by atoms with Gasteiger partial charge in [0.2, 0.25) is 0 Å². The van der Waals surface area contributed by atoms with Gasteiger partial charge in [0.15, 0.2) is 0 Å². The number of benzene rings is 2. The molecule has 0 spiro atoms. The van der Waals surface area contributed by atoms with E-state index in [1.54, 1.807) is 12.3 Å². The fourth-order valence-corrected chi connectivity index (χ4v) is 3.67. The molecule has 0 fully saturated rings. The first-order valence-electron chi connectivity index (χ1n) is 7.71. The van der Waals surface area contributed by atoms with Crippen molar-refractivity contribution >= 4 is 34.9 Å². The summed E-state index contributed by atoms with van der Waals surface area (Å²) in [5.41, 5.74) is 4.07. The number of aliphatic carboxylic acids is 1. The first-order valence-corrected chi connectivity index (χ1v) is 8.09. The lowest BCUT2D eigenvalue weighted by molar-refractivity contribution is -0.135. The van der Waals surface area contributed by atoms with E-state index >= 15 is 0 Å². The van der Waals surface area contributed by atoms with Crippen LogP contribution in [0.2, 0.25) is 5.02 Å². The van der Waals surface area contributed by atoms with Crippen LogP contribution in [0.5, 0.6) is 0 Å². The second-order valence-electron chi connectivity index (χ2n) is 5.99. The van der Waals surface area contributed by atoms with E-state index in [0.717, 1.165) is 33.0 Å². The van der Waals surface area contributed by atoms with E-state index in [4.69, 9.17) is 11.6 Å². The third-order valence-corrected chi connectivity index (χ3v) is 4.79. The van der Waals surface area contributed by atoms with Crippen LogP contribution >= 0.6 is 11.6 Å². The lowest BCUT2D eigenvalue weighted by atomic mass is 9.99. The van der Waals surface area contributed by atoms with Crippen LogP contribution in [0.1, 0.15) is 18.1 Å². The molecule has 2 aliphatic rings. The zero-order valence-corrected chi connectivity index (χ0v) is 13.8. The average Bonchev–Trinajstić information content (AvgIpc) is 3.09. The molecule has 5 heteroatoms. The van der Waals surface area contributed by atoms with Crippen molar-refractivity contribution in [3.8, 4) is 0 Å². The summed E-state index contributed by atoms with van der Waals surface area (Å²) >= 11 is 6.20. The van der Waals surface area contributed by atoms with Gasteiger partial charge in [0.05, 0.1) is 11.4 Å². The Bertz CT molecular complexity index is 1010. The standard InChI is InChI=1S/C19H15ClN2O2/c1-11-19(13-2-4-16-12(8-13)6-7-21-16)15-9-14(20)3-5-17(15)22(11)10-18(23)24/h2-9,11H,10H2,1H3,(H,23,24). The number of carbonyl (C=O) groups is 1. The van der Waals surface area contributed by atoms with Crippen molar-refractivity contribution in [1.82, 2.24) is 0 Å². The number of hydrogen-bond acceptors (Lipinski definition) is 3. The number of carboxylic acid groups (broad SMARTS) is 1. The fourth-order valence-electron chi connectivity index (χ4n) is 3.50. The zero-order valence-electron chi connectivity index (χ0n) is 13.0. The molecule has 2 aliphatic heterocycles. The molecule has 0 amide bonds. The highest BCUT2D eigenvalue weighted by Crippen LogP contribution is 2.40. The molecule has 1 N–H and O–H groups in total. The number of halogens is 1. The molecule has 0 aliphatic carbocycles. The number of rotatable bonds is 2. The maximum atomic E-state index is 11.3. The minimum atomic E-state index is -0.848. The Balaban J connectivity index is 1.98. The summed E-state index contributed by atoms with van der Waals surface area (Å²) < 4.78 is 0. The van der Waals surface area contributed by atoms with Gasteiger partial charge in [-0.3, -0.25) is 9.79 Å². The van der Waals surface area contributed by atoms with Crippen LogP contribution in [0, 0.1) is 0 Å². The van der Waals surface area contributed by atoms with Gasteiger partial charge in [0.1, 0.15) is 6.54 Å². The summed E-state index contributed by atoms with van der Waals surface area (Å²) in [5, 5.41) is 11.9. The van der Waals surface area contributed by atoms with Crippen LogP contribution in [0.15, 0.2) is 47.6 Å². The van der Waals surface area contributed by atoms with E-state index in [-0.39, 0.29) is 12.6 Å². The predicted octanol–water partition coefficient (Wildman–Crippen LogP) is 2.44. The SMILES string of the molecule is CC1C(=c2ccc3c(c2)C=CN=3)c2cc(Cl)ccc2N1CC(=O)O. The third-order valence-electron chi connectivity index (χ3n) is 4.56. The molecule has 4 rings (SSSR count). The molecule has 120 valence electrons. The van der Waals surface area contributed by atoms with Crippen LogP contribution in [0.4, 0.5) is 5.69 Å². The monoisotopic (exact) mass is 338 g/mol. The number of anilines is 1. The van der Waals surface area contributed by atoms with E-state index in [9.17, 15) is 9.90 Å². The number of nitrogens with zero attached hydrogens (tertiary/aromatic N) is 2. The fraction of sp³-hybridized carbons (Fsp3) is 0.158. The Hall–Kier alpha value is -2.59. The summed E-state index contributed by atoms with van der Waals surface area (Å²) in [5.74, 6) is -0.848. The van der Waals surface area contributed by atoms with Gasteiger partial charge in [-0.15, -0.1) is 0 Å². The molecule has 24 heavy (non-hydrogen) atoms. The second kappa shape index (κ2) is 5.49. The minimum absolute atomic E-state index is 0.0422. The molecule has 2 aromatic rings. The van der Waals surface area contributed by atoms with Crippen LogP contribution in [0.3, 0.4) is 0 Å². The summed E-state index contributed by atoms with van der Waals surface area (Å²) in [4.78, 5) is 17.5. The van der Waals surface area contributed by atoms with Crippen molar-refractivity contribution < 1.29 is 9.90 Å². The molecule has 4 nitrogen and oxygen atoms in total. The average molecular weight is 339 g/mol. The van der Waals surface area contributed by atoms with Gasteiger partial charge < -0.3 is 10.0 Å². The van der Waals surface area contributed by atoms with Gasteiger partial charge in [-0.1, -0.05) is 17.7 Å². The van der Waals surface area contributed by atoms with Crippen molar-refractivity contribution in [3.05, 3.63) is 69.3 Å². The van der Waals surface area contributed by atoms with E-state index in [2.05, 4.69) is 11.1 Å². The van der Waals surface area contributed by atoms with Crippen molar-refractivity contribution in [2.75, 3.05) is 11.4 Å². The minimum Gasteiger partial charge on any atom is -0.480 e. The topological polar surface area (TPSA) is 52.9 Å². The molecule has 1 unspecified atom stereocenters. The Kier molecular flexibility index (Phi) is 3.43. The first-order chi connectivity index (χ1) is 11.5. The second-order valence-corrected chi connectivity index (χ2v) is 6.43. The first kappa shape index (κ1) is 15.0. The predicted molar refractivity (Wildman–Crippen MR) is 94.7 cm³/mol. The third kappa shape index (κ3) is 2.31. The van der Waals surface area contributed by atoms with E-state index in [1.807, 2.05) is 42.2 Å². The van der Waals surface area contributed by atoms with E-state index in [1.165, 1.54) is 0 Å². The normalized spacial score (nSPS) is 19.9. The van der Waals surface area contributed by atoms with Crippen molar-refractivity contribution in [1.29, 1.82) is 0 Å². The lowest BCUT2D eigenvalue weighted by Crippen LogP contribution is -2.35. The molecule has 0 radical (unpaired) electrons. The van der Waals surface area contributed by atoms with Crippen LogP contribution in [-0.2, 0) is 4.79 Å². The molecule has 1 atom stereocenters. The molecule has 0 saturated heterocycles. The molecule has 0 saturated carbocycles. The van der Waals surface area contributed by atoms with Gasteiger partial charge in [-0.25, -0.2) is 0 Å². The Morgan fingerprint density at radius 2 is 2.12 bits per heavy atom. The summed E-state index contributed by atoms with van der Waals surface area (Å²) in [6, 6.07) is 11.7. The van der Waals surface area contributed by atoms with Crippen LogP contribution in [0.25, 0.3) is 11.6 Å². The maximum Gasteiger partial charge on any atom is 0.323 e. The Morgan fingerprint density at radius 1 is 1.29 bits per heavy atom. The van der Waals surface area contributed by atoms with E-state index < -0.39 is 5.97 Å². The highest BCUT2D eigenvalue weighted by Gasteiger charge is 2.32. The number of fused-ring (bicyclic) bond motifs is 2. The summed E-state index contributed by atoms with van der Waals surface area (Å²) in [6.07, 6.45) is 3.77.